The molecule has 1 unspecified atom stereocenters. The summed E-state index contributed by atoms with van der Waals surface area (Å²) in [6.45, 7) is 5.60. The van der Waals surface area contributed by atoms with Gasteiger partial charge in [-0.3, -0.25) is 0 Å². The molecule has 2 aromatic rings. The van der Waals surface area contributed by atoms with Crippen molar-refractivity contribution in [2.24, 2.45) is 7.05 Å². The van der Waals surface area contributed by atoms with Crippen LogP contribution in [-0.4, -0.2) is 17.2 Å². The van der Waals surface area contributed by atoms with Crippen molar-refractivity contribution in [3.05, 3.63) is 35.0 Å². The summed E-state index contributed by atoms with van der Waals surface area (Å²) in [5, 5.41) is 5.07. The molecule has 18 heavy (non-hydrogen) atoms. The zero-order valence-electron chi connectivity index (χ0n) is 11.6. The van der Waals surface area contributed by atoms with Crippen molar-refractivity contribution in [2.45, 2.75) is 39.2 Å². The van der Waals surface area contributed by atoms with Crippen LogP contribution in [0.2, 0.25) is 0 Å². The molecule has 2 nitrogen and oxygen atoms in total. The van der Waals surface area contributed by atoms with Gasteiger partial charge in [0.1, 0.15) is 0 Å². The molecule has 0 saturated carbocycles. The predicted molar refractivity (Wildman–Crippen MR) is 77.1 cm³/mol. The molecule has 96 valence electrons. The lowest BCUT2D eigenvalue weighted by atomic mass is 9.99. The molecule has 2 heterocycles. The highest BCUT2D eigenvalue weighted by Gasteiger charge is 2.18. The van der Waals surface area contributed by atoms with E-state index in [-0.39, 0.29) is 0 Å². The number of aromatic nitrogens is 1. The summed E-state index contributed by atoms with van der Waals surface area (Å²) in [6.07, 6.45) is 6.13. The van der Waals surface area contributed by atoms with Gasteiger partial charge in [0.25, 0.3) is 0 Å². The van der Waals surface area contributed by atoms with Gasteiger partial charge in [-0.15, -0.1) is 0 Å². The first-order valence-electron chi connectivity index (χ1n) is 6.93. The molecule has 0 bridgehead atoms. The van der Waals surface area contributed by atoms with Gasteiger partial charge in [-0.1, -0.05) is 6.07 Å². The van der Waals surface area contributed by atoms with Crippen LogP contribution in [0.3, 0.4) is 0 Å². The van der Waals surface area contributed by atoms with E-state index in [1.807, 2.05) is 0 Å². The third-order valence-electron chi connectivity index (χ3n) is 4.14. The molecule has 1 saturated heterocycles. The van der Waals surface area contributed by atoms with Crippen LogP contribution in [0.5, 0.6) is 0 Å². The van der Waals surface area contributed by atoms with E-state index in [9.17, 15) is 0 Å². The summed E-state index contributed by atoms with van der Waals surface area (Å²) in [5.74, 6) is 0. The third-order valence-corrected chi connectivity index (χ3v) is 4.14. The average molecular weight is 242 g/mol. The Balaban J connectivity index is 2.06. The Hall–Kier alpha value is -1.28. The lowest BCUT2D eigenvalue weighted by Crippen LogP contribution is -2.23. The molecule has 1 atom stereocenters. The van der Waals surface area contributed by atoms with Crippen molar-refractivity contribution >= 4 is 10.9 Å². The Morgan fingerprint density at radius 3 is 2.89 bits per heavy atom. The third kappa shape index (κ3) is 1.95. The number of nitrogens with zero attached hydrogens (tertiary/aromatic N) is 1. The molecule has 1 aliphatic rings. The Morgan fingerprint density at radius 2 is 2.17 bits per heavy atom. The van der Waals surface area contributed by atoms with E-state index in [1.165, 1.54) is 53.4 Å². The fourth-order valence-electron chi connectivity index (χ4n) is 3.36. The summed E-state index contributed by atoms with van der Waals surface area (Å²) in [7, 11) is 2.16. The maximum Gasteiger partial charge on any atom is 0.0485 e. The van der Waals surface area contributed by atoms with Crippen molar-refractivity contribution in [1.82, 2.24) is 9.88 Å². The SMILES string of the molecule is Cc1cc(C)c2c(CC3CCCN3)cn(C)c2c1. The number of nitrogens with one attached hydrogen (secondary N) is 1. The van der Waals surface area contributed by atoms with Crippen LogP contribution in [-0.2, 0) is 13.5 Å². The Morgan fingerprint density at radius 1 is 1.33 bits per heavy atom. The van der Waals surface area contributed by atoms with E-state index >= 15 is 0 Å². The lowest BCUT2D eigenvalue weighted by molar-refractivity contribution is 0.604. The fourth-order valence-corrected chi connectivity index (χ4v) is 3.36. The number of fused-ring (bicyclic) bond motifs is 1. The fraction of sp³-hybridized carbons (Fsp3) is 0.500. The van der Waals surface area contributed by atoms with Crippen LogP contribution in [0.25, 0.3) is 10.9 Å². The summed E-state index contributed by atoms with van der Waals surface area (Å²) < 4.78 is 2.28. The lowest BCUT2D eigenvalue weighted by Gasteiger charge is -2.10. The molecule has 0 radical (unpaired) electrons. The van der Waals surface area contributed by atoms with Gasteiger partial charge >= 0.3 is 0 Å². The first-order valence-corrected chi connectivity index (χ1v) is 6.93. The molecule has 1 aromatic carbocycles. The number of hydrogen-bond acceptors (Lipinski definition) is 1. The molecule has 1 aliphatic heterocycles. The minimum absolute atomic E-state index is 0.677. The molecule has 0 aliphatic carbocycles. The van der Waals surface area contributed by atoms with E-state index in [2.05, 4.69) is 49.1 Å². The standard InChI is InChI=1S/C16H22N2/c1-11-7-12(2)16-13(9-14-5-4-6-17-14)10-18(3)15(16)8-11/h7-8,10,14,17H,4-6,9H2,1-3H3. The largest absolute Gasteiger partial charge is 0.350 e. The highest BCUT2D eigenvalue weighted by atomic mass is 14.9. The first kappa shape index (κ1) is 11.8. The molecule has 1 N–H and O–H groups in total. The molecule has 0 spiro atoms. The van der Waals surface area contributed by atoms with Crippen molar-refractivity contribution in [2.75, 3.05) is 6.54 Å². The van der Waals surface area contributed by atoms with Crippen LogP contribution in [0.4, 0.5) is 0 Å². The van der Waals surface area contributed by atoms with Gasteiger partial charge in [0.2, 0.25) is 0 Å². The highest BCUT2D eigenvalue weighted by Crippen LogP contribution is 2.27. The minimum Gasteiger partial charge on any atom is -0.350 e. The molecule has 3 rings (SSSR count). The average Bonchev–Trinajstić information content (AvgIpc) is 2.89. The molecule has 2 heteroatoms. The number of aryl methyl sites for hydroxylation is 3. The van der Waals surface area contributed by atoms with Gasteiger partial charge < -0.3 is 9.88 Å². The quantitative estimate of drug-likeness (QED) is 0.856. The smallest absolute Gasteiger partial charge is 0.0485 e. The van der Waals surface area contributed by atoms with E-state index < -0.39 is 0 Å². The van der Waals surface area contributed by atoms with Crippen LogP contribution >= 0.6 is 0 Å². The number of hydrogen-bond donors (Lipinski definition) is 1. The second-order valence-corrected chi connectivity index (χ2v) is 5.74. The van der Waals surface area contributed by atoms with E-state index in [1.54, 1.807) is 0 Å². The molecule has 1 aromatic heterocycles. The van der Waals surface area contributed by atoms with Gasteiger partial charge in [-0.05, 0) is 62.4 Å². The van der Waals surface area contributed by atoms with Crippen LogP contribution in [0.1, 0.15) is 29.5 Å². The van der Waals surface area contributed by atoms with Crippen LogP contribution < -0.4 is 5.32 Å². The van der Waals surface area contributed by atoms with E-state index in [4.69, 9.17) is 0 Å². The maximum atomic E-state index is 3.60. The molecule has 0 amide bonds. The zero-order chi connectivity index (χ0) is 12.7. The van der Waals surface area contributed by atoms with Crippen molar-refractivity contribution in [3.8, 4) is 0 Å². The monoisotopic (exact) mass is 242 g/mol. The highest BCUT2D eigenvalue weighted by molar-refractivity contribution is 5.88. The molecule has 1 fully saturated rings. The summed E-state index contributed by atoms with van der Waals surface area (Å²) in [5.41, 5.74) is 5.65. The van der Waals surface area contributed by atoms with Crippen molar-refractivity contribution < 1.29 is 0 Å². The van der Waals surface area contributed by atoms with Gasteiger partial charge in [-0.2, -0.15) is 0 Å². The van der Waals surface area contributed by atoms with Crippen molar-refractivity contribution in [1.29, 1.82) is 0 Å². The first-order chi connectivity index (χ1) is 8.65. The van der Waals surface area contributed by atoms with Gasteiger partial charge in [0.15, 0.2) is 0 Å². The van der Waals surface area contributed by atoms with Crippen LogP contribution in [0, 0.1) is 13.8 Å². The topological polar surface area (TPSA) is 17.0 Å². The van der Waals surface area contributed by atoms with Gasteiger partial charge in [0.05, 0.1) is 0 Å². The summed E-state index contributed by atoms with van der Waals surface area (Å²) in [4.78, 5) is 0. The van der Waals surface area contributed by atoms with E-state index in [0.29, 0.717) is 6.04 Å². The second-order valence-electron chi connectivity index (χ2n) is 5.74. The summed E-state index contributed by atoms with van der Waals surface area (Å²) >= 11 is 0. The predicted octanol–water partition coefficient (Wildman–Crippen LogP) is 3.09. The minimum atomic E-state index is 0.677. The van der Waals surface area contributed by atoms with Crippen molar-refractivity contribution in [3.63, 3.8) is 0 Å². The normalized spacial score (nSPS) is 19.8. The van der Waals surface area contributed by atoms with Gasteiger partial charge in [-0.25, -0.2) is 0 Å². The van der Waals surface area contributed by atoms with E-state index in [0.717, 1.165) is 0 Å². The molecular weight excluding hydrogens is 220 g/mol. The second kappa shape index (κ2) is 4.43. The zero-order valence-corrected chi connectivity index (χ0v) is 11.6. The van der Waals surface area contributed by atoms with Crippen LogP contribution in [0.15, 0.2) is 18.3 Å². The Labute approximate surface area is 109 Å². The maximum absolute atomic E-state index is 3.60. The van der Waals surface area contributed by atoms with Gasteiger partial charge in [0, 0.05) is 30.2 Å². The number of rotatable bonds is 2. The molecular formula is C16H22N2. The summed E-state index contributed by atoms with van der Waals surface area (Å²) in [6, 6.07) is 5.28. The number of benzene rings is 1. The Kier molecular flexibility index (Phi) is 2.90. The Bertz CT molecular complexity index is 574.